The minimum Gasteiger partial charge on any atom is -0.312 e. The minimum atomic E-state index is -4.51. The molecule has 0 aliphatic carbocycles. The molecule has 6 heteroatoms. The molecule has 0 saturated carbocycles. The molecular weight excluding hydrogens is 251 g/mol. The van der Waals surface area contributed by atoms with Gasteiger partial charge in [-0.25, -0.2) is 0 Å². The lowest BCUT2D eigenvalue weighted by atomic mass is 10.3. The lowest BCUT2D eigenvalue weighted by Crippen LogP contribution is -2.31. The van der Waals surface area contributed by atoms with E-state index in [1.165, 1.54) is 0 Å². The Morgan fingerprint density at radius 1 is 1.46 bits per heavy atom. The monoisotopic (exact) mass is 263 g/mol. The van der Waals surface area contributed by atoms with E-state index in [1.54, 1.807) is 0 Å². The van der Waals surface area contributed by atoms with Crippen LogP contribution in [0.5, 0.6) is 0 Å². The Bertz CT molecular complexity index is 131. The summed E-state index contributed by atoms with van der Waals surface area (Å²) in [5, 5.41) is 3.74. The Kier molecular flexibility index (Phi) is 6.71. The summed E-state index contributed by atoms with van der Waals surface area (Å²) in [6.45, 7) is 1.79. The normalized spacial score (nSPS) is 14.5. The molecule has 0 aromatic rings. The van der Waals surface area contributed by atoms with Crippen LogP contribution in [-0.4, -0.2) is 30.9 Å². The van der Waals surface area contributed by atoms with Crippen molar-refractivity contribution in [3.8, 4) is 0 Å². The Morgan fingerprint density at radius 2 is 2.08 bits per heavy atom. The van der Waals surface area contributed by atoms with Crippen LogP contribution in [0.4, 0.5) is 13.2 Å². The highest BCUT2D eigenvalue weighted by Crippen LogP contribution is 2.15. The predicted octanol–water partition coefficient (Wildman–Crippen LogP) is 2.29. The maximum absolute atomic E-state index is 11.5. The largest absolute Gasteiger partial charge is 0.522 e. The maximum atomic E-state index is 11.5. The van der Waals surface area contributed by atoms with Crippen molar-refractivity contribution in [1.29, 1.82) is 0 Å². The number of ether oxygens (including phenoxy) is 1. The van der Waals surface area contributed by atoms with Crippen LogP contribution < -0.4 is 5.32 Å². The van der Waals surface area contributed by atoms with E-state index in [0.29, 0.717) is 0 Å². The standard InChI is InChI=1S/C7H13BrF3NO/c1-6(2-3-8)12-4-5-13-7(9,10)11/h6,12H,2-5H2,1H3. The molecule has 0 bridgehead atoms. The zero-order chi connectivity index (χ0) is 10.3. The van der Waals surface area contributed by atoms with Gasteiger partial charge in [-0.1, -0.05) is 15.9 Å². The first-order valence-electron chi connectivity index (χ1n) is 3.95. The summed E-state index contributed by atoms with van der Waals surface area (Å²) in [4.78, 5) is 0. The third-order valence-electron chi connectivity index (χ3n) is 1.40. The van der Waals surface area contributed by atoms with Gasteiger partial charge in [-0.15, -0.1) is 13.2 Å². The van der Waals surface area contributed by atoms with Crippen LogP contribution in [0.3, 0.4) is 0 Å². The summed E-state index contributed by atoms with van der Waals surface area (Å²) in [7, 11) is 0. The Balaban J connectivity index is 3.25. The SMILES string of the molecule is CC(CCBr)NCCOC(F)(F)F. The highest BCUT2D eigenvalue weighted by atomic mass is 79.9. The van der Waals surface area contributed by atoms with Gasteiger partial charge in [-0.05, 0) is 13.3 Å². The minimum absolute atomic E-state index is 0.205. The van der Waals surface area contributed by atoms with Gasteiger partial charge >= 0.3 is 6.36 Å². The first-order valence-corrected chi connectivity index (χ1v) is 5.08. The van der Waals surface area contributed by atoms with Crippen molar-refractivity contribution in [2.75, 3.05) is 18.5 Å². The van der Waals surface area contributed by atoms with Crippen molar-refractivity contribution in [3.05, 3.63) is 0 Å². The van der Waals surface area contributed by atoms with E-state index in [-0.39, 0.29) is 19.2 Å². The van der Waals surface area contributed by atoms with Crippen LogP contribution in [-0.2, 0) is 4.74 Å². The van der Waals surface area contributed by atoms with Gasteiger partial charge in [0.1, 0.15) is 0 Å². The zero-order valence-corrected chi connectivity index (χ0v) is 8.91. The smallest absolute Gasteiger partial charge is 0.312 e. The van der Waals surface area contributed by atoms with Gasteiger partial charge in [-0.2, -0.15) is 0 Å². The van der Waals surface area contributed by atoms with Crippen molar-refractivity contribution in [2.24, 2.45) is 0 Å². The van der Waals surface area contributed by atoms with Crippen molar-refractivity contribution < 1.29 is 17.9 Å². The second-order valence-corrected chi connectivity index (χ2v) is 3.42. The second-order valence-electron chi connectivity index (χ2n) is 2.63. The van der Waals surface area contributed by atoms with E-state index in [4.69, 9.17) is 0 Å². The van der Waals surface area contributed by atoms with E-state index in [2.05, 4.69) is 26.0 Å². The highest BCUT2D eigenvalue weighted by molar-refractivity contribution is 9.09. The van der Waals surface area contributed by atoms with Crippen molar-refractivity contribution in [1.82, 2.24) is 5.32 Å². The van der Waals surface area contributed by atoms with Gasteiger partial charge in [0.25, 0.3) is 0 Å². The van der Waals surface area contributed by atoms with Gasteiger partial charge in [0, 0.05) is 17.9 Å². The quantitative estimate of drug-likeness (QED) is 0.587. The maximum Gasteiger partial charge on any atom is 0.522 e. The summed E-state index contributed by atoms with van der Waals surface area (Å²) in [6, 6.07) is 0.205. The molecule has 0 amide bonds. The molecule has 0 aromatic heterocycles. The van der Waals surface area contributed by atoms with Gasteiger partial charge in [0.05, 0.1) is 6.61 Å². The number of hydrogen-bond acceptors (Lipinski definition) is 2. The molecular formula is C7H13BrF3NO. The fourth-order valence-corrected chi connectivity index (χ4v) is 1.42. The van der Waals surface area contributed by atoms with Crippen LogP contribution in [0.25, 0.3) is 0 Å². The molecule has 1 unspecified atom stereocenters. The Morgan fingerprint density at radius 3 is 2.54 bits per heavy atom. The topological polar surface area (TPSA) is 21.3 Å². The van der Waals surface area contributed by atoms with Gasteiger partial charge in [0.15, 0.2) is 0 Å². The second kappa shape index (κ2) is 6.62. The molecule has 0 aliphatic rings. The molecule has 0 aliphatic heterocycles. The van der Waals surface area contributed by atoms with E-state index in [1.807, 2.05) is 6.92 Å². The third kappa shape index (κ3) is 10.1. The molecule has 13 heavy (non-hydrogen) atoms. The van der Waals surface area contributed by atoms with Crippen molar-refractivity contribution >= 4 is 15.9 Å². The number of rotatable bonds is 6. The zero-order valence-electron chi connectivity index (χ0n) is 7.33. The molecule has 0 heterocycles. The molecule has 1 N–H and O–H groups in total. The van der Waals surface area contributed by atoms with Crippen LogP contribution in [0, 0.1) is 0 Å². The van der Waals surface area contributed by atoms with Gasteiger partial charge in [-0.3, -0.25) is 4.74 Å². The van der Waals surface area contributed by atoms with E-state index >= 15 is 0 Å². The van der Waals surface area contributed by atoms with Gasteiger partial charge in [0.2, 0.25) is 0 Å². The molecule has 80 valence electrons. The molecule has 0 radical (unpaired) electrons. The number of alkyl halides is 4. The lowest BCUT2D eigenvalue weighted by molar-refractivity contribution is -0.323. The Hall–Kier alpha value is 0.190. The summed E-state index contributed by atoms with van der Waals surface area (Å²) < 4.78 is 38.0. The van der Waals surface area contributed by atoms with Crippen LogP contribution in [0.15, 0.2) is 0 Å². The average molecular weight is 264 g/mol. The van der Waals surface area contributed by atoms with E-state index in [9.17, 15) is 13.2 Å². The third-order valence-corrected chi connectivity index (χ3v) is 1.86. The molecule has 0 spiro atoms. The average Bonchev–Trinajstić information content (AvgIpc) is 1.97. The molecule has 0 fully saturated rings. The van der Waals surface area contributed by atoms with Crippen molar-refractivity contribution in [2.45, 2.75) is 25.7 Å². The molecule has 0 rings (SSSR count). The molecule has 0 aromatic carbocycles. The number of halogens is 4. The summed E-state index contributed by atoms with van der Waals surface area (Å²) >= 11 is 3.24. The van der Waals surface area contributed by atoms with E-state index < -0.39 is 6.36 Å². The molecule has 0 saturated heterocycles. The molecule has 1 atom stereocenters. The lowest BCUT2D eigenvalue weighted by Gasteiger charge is -2.12. The Labute approximate surface area is 84.0 Å². The molecule has 2 nitrogen and oxygen atoms in total. The fourth-order valence-electron chi connectivity index (χ4n) is 0.738. The summed E-state index contributed by atoms with van der Waals surface area (Å²) in [5.41, 5.74) is 0. The first kappa shape index (κ1) is 13.2. The fraction of sp³-hybridized carbons (Fsp3) is 1.00. The van der Waals surface area contributed by atoms with E-state index in [0.717, 1.165) is 11.8 Å². The summed E-state index contributed by atoms with van der Waals surface area (Å²) in [6.07, 6.45) is -3.63. The predicted molar refractivity (Wildman–Crippen MR) is 47.9 cm³/mol. The highest BCUT2D eigenvalue weighted by Gasteiger charge is 2.28. The first-order chi connectivity index (χ1) is 5.95. The van der Waals surface area contributed by atoms with Crippen LogP contribution in [0.1, 0.15) is 13.3 Å². The van der Waals surface area contributed by atoms with Crippen LogP contribution in [0.2, 0.25) is 0 Å². The van der Waals surface area contributed by atoms with Gasteiger partial charge < -0.3 is 5.32 Å². The van der Waals surface area contributed by atoms with Crippen LogP contribution >= 0.6 is 15.9 Å². The summed E-state index contributed by atoms with van der Waals surface area (Å²) in [5.74, 6) is 0. The number of nitrogens with one attached hydrogen (secondary N) is 1. The number of hydrogen-bond donors (Lipinski definition) is 1. The van der Waals surface area contributed by atoms with Crippen molar-refractivity contribution in [3.63, 3.8) is 0 Å².